The Morgan fingerprint density at radius 3 is 2.65 bits per heavy atom. The molecule has 0 bridgehead atoms. The van der Waals surface area contributed by atoms with E-state index in [1.165, 1.54) is 0 Å². The highest BCUT2D eigenvalue weighted by Gasteiger charge is 2.36. The van der Waals surface area contributed by atoms with Crippen molar-refractivity contribution >= 4 is 32.7 Å². The van der Waals surface area contributed by atoms with Crippen LogP contribution in [0, 0.1) is 0 Å². The summed E-state index contributed by atoms with van der Waals surface area (Å²) in [5.41, 5.74) is 1.91. The summed E-state index contributed by atoms with van der Waals surface area (Å²) in [5.74, 6) is -0.155. The highest BCUT2D eigenvalue weighted by Crippen LogP contribution is 2.33. The molecular weight excluding hydrogens is 392 g/mol. The molecular formula is C21H19BrN2O2. The van der Waals surface area contributed by atoms with Gasteiger partial charge in [-0.2, -0.15) is 0 Å². The topological polar surface area (TPSA) is 51.2 Å². The van der Waals surface area contributed by atoms with E-state index in [4.69, 9.17) is 4.74 Å². The predicted octanol–water partition coefficient (Wildman–Crippen LogP) is 4.43. The van der Waals surface area contributed by atoms with Gasteiger partial charge in [-0.05, 0) is 42.7 Å². The van der Waals surface area contributed by atoms with E-state index in [1.54, 1.807) is 6.07 Å². The average Bonchev–Trinajstić information content (AvgIpc) is 2.68. The molecule has 0 unspecified atom stereocenters. The van der Waals surface area contributed by atoms with Gasteiger partial charge in [-0.15, -0.1) is 0 Å². The van der Waals surface area contributed by atoms with Crippen molar-refractivity contribution in [3.8, 4) is 0 Å². The maximum atomic E-state index is 13.0. The van der Waals surface area contributed by atoms with Gasteiger partial charge in [0.2, 0.25) is 0 Å². The van der Waals surface area contributed by atoms with E-state index in [0.717, 1.165) is 33.8 Å². The first-order valence-electron chi connectivity index (χ1n) is 8.68. The summed E-state index contributed by atoms with van der Waals surface area (Å²) in [7, 11) is 0. The molecule has 1 aliphatic heterocycles. The second-order valence-electron chi connectivity index (χ2n) is 6.55. The number of pyridine rings is 1. The van der Waals surface area contributed by atoms with Crippen LogP contribution in [0.1, 0.15) is 28.9 Å². The predicted molar refractivity (Wildman–Crippen MR) is 105 cm³/mol. The fraction of sp³-hybridized carbons (Fsp3) is 0.238. The van der Waals surface area contributed by atoms with Crippen LogP contribution in [0.15, 0.2) is 65.1 Å². The van der Waals surface area contributed by atoms with Gasteiger partial charge in [0.05, 0.1) is 11.1 Å². The maximum Gasteiger partial charge on any atom is 0.270 e. The molecule has 3 aromatic rings. The standard InChI is InChI=1S/C21H19BrN2O2/c22-17-6-3-5-16(14-17)21(10-12-26-13-11-21)24-20(25)19-9-8-15-4-1-2-7-18(15)23-19/h1-9,14H,10-13H2,(H,24,25). The number of hydrogen-bond acceptors (Lipinski definition) is 3. The minimum Gasteiger partial charge on any atom is -0.381 e. The van der Waals surface area contributed by atoms with Crippen molar-refractivity contribution in [2.24, 2.45) is 0 Å². The first-order chi connectivity index (χ1) is 12.7. The number of nitrogens with zero attached hydrogens (tertiary/aromatic N) is 1. The smallest absolute Gasteiger partial charge is 0.270 e. The van der Waals surface area contributed by atoms with Crippen molar-refractivity contribution < 1.29 is 9.53 Å². The molecule has 26 heavy (non-hydrogen) atoms. The SMILES string of the molecule is O=C(NC1(c2cccc(Br)c2)CCOCC1)c1ccc2ccccc2n1. The molecule has 1 N–H and O–H groups in total. The Balaban J connectivity index is 1.67. The highest BCUT2D eigenvalue weighted by molar-refractivity contribution is 9.10. The molecule has 0 aliphatic carbocycles. The summed E-state index contributed by atoms with van der Waals surface area (Å²) in [6.07, 6.45) is 1.48. The number of benzene rings is 2. The summed E-state index contributed by atoms with van der Waals surface area (Å²) in [6.45, 7) is 1.25. The Kier molecular flexibility index (Phi) is 4.74. The Bertz CT molecular complexity index is 951. The van der Waals surface area contributed by atoms with E-state index in [0.29, 0.717) is 18.9 Å². The average molecular weight is 411 g/mol. The first kappa shape index (κ1) is 17.2. The van der Waals surface area contributed by atoms with Crippen LogP contribution in [0.3, 0.4) is 0 Å². The molecule has 4 rings (SSSR count). The largest absolute Gasteiger partial charge is 0.381 e. The number of rotatable bonds is 3. The molecule has 1 amide bonds. The van der Waals surface area contributed by atoms with E-state index < -0.39 is 5.54 Å². The number of fused-ring (bicyclic) bond motifs is 1. The van der Waals surface area contributed by atoms with E-state index in [1.807, 2.05) is 42.5 Å². The van der Waals surface area contributed by atoms with Crippen LogP contribution < -0.4 is 5.32 Å². The van der Waals surface area contributed by atoms with Crippen molar-refractivity contribution in [1.29, 1.82) is 0 Å². The second-order valence-corrected chi connectivity index (χ2v) is 7.46. The van der Waals surface area contributed by atoms with E-state index in [-0.39, 0.29) is 5.91 Å². The molecule has 4 nitrogen and oxygen atoms in total. The third-order valence-electron chi connectivity index (χ3n) is 4.91. The van der Waals surface area contributed by atoms with Gasteiger partial charge >= 0.3 is 0 Å². The van der Waals surface area contributed by atoms with Gasteiger partial charge in [0.25, 0.3) is 5.91 Å². The Labute approximate surface area is 160 Å². The number of hydrogen-bond donors (Lipinski definition) is 1. The van der Waals surface area contributed by atoms with Crippen LogP contribution in [0.25, 0.3) is 10.9 Å². The quantitative estimate of drug-likeness (QED) is 0.694. The first-order valence-corrected chi connectivity index (χ1v) is 9.48. The molecule has 0 spiro atoms. The fourth-order valence-corrected chi connectivity index (χ4v) is 3.86. The number of nitrogens with one attached hydrogen (secondary N) is 1. The van der Waals surface area contributed by atoms with Crippen LogP contribution >= 0.6 is 15.9 Å². The normalized spacial score (nSPS) is 16.3. The fourth-order valence-electron chi connectivity index (χ4n) is 3.47. The number of amides is 1. The number of ether oxygens (including phenoxy) is 1. The van der Waals surface area contributed by atoms with Gasteiger partial charge in [0.1, 0.15) is 5.69 Å². The molecule has 1 aromatic heterocycles. The van der Waals surface area contributed by atoms with Crippen molar-refractivity contribution in [1.82, 2.24) is 10.3 Å². The molecule has 0 radical (unpaired) electrons. The summed E-state index contributed by atoms with van der Waals surface area (Å²) in [4.78, 5) is 17.5. The molecule has 132 valence electrons. The number of para-hydroxylation sites is 1. The van der Waals surface area contributed by atoms with Gasteiger partial charge in [-0.25, -0.2) is 4.98 Å². The summed E-state index contributed by atoms with van der Waals surface area (Å²) in [5, 5.41) is 4.28. The Morgan fingerprint density at radius 2 is 1.85 bits per heavy atom. The van der Waals surface area contributed by atoms with Gasteiger partial charge in [0.15, 0.2) is 0 Å². The van der Waals surface area contributed by atoms with Gasteiger partial charge < -0.3 is 10.1 Å². The van der Waals surface area contributed by atoms with Gasteiger partial charge in [-0.3, -0.25) is 4.79 Å². The van der Waals surface area contributed by atoms with Crippen LogP contribution in [-0.4, -0.2) is 24.1 Å². The number of aromatic nitrogens is 1. The lowest BCUT2D eigenvalue weighted by molar-refractivity contribution is 0.0344. The molecule has 2 aromatic carbocycles. The molecule has 1 saturated heterocycles. The number of carbonyl (C=O) groups excluding carboxylic acids is 1. The maximum absolute atomic E-state index is 13.0. The molecule has 1 fully saturated rings. The highest BCUT2D eigenvalue weighted by atomic mass is 79.9. The second kappa shape index (κ2) is 7.17. The van der Waals surface area contributed by atoms with E-state index >= 15 is 0 Å². The lowest BCUT2D eigenvalue weighted by Crippen LogP contribution is -2.49. The molecule has 2 heterocycles. The zero-order chi connectivity index (χ0) is 18.0. The van der Waals surface area contributed by atoms with E-state index in [2.05, 4.69) is 38.4 Å². The van der Waals surface area contributed by atoms with Crippen LogP contribution in [0.5, 0.6) is 0 Å². The molecule has 0 saturated carbocycles. The molecule has 1 aliphatic rings. The zero-order valence-electron chi connectivity index (χ0n) is 14.2. The van der Waals surface area contributed by atoms with Crippen molar-refractivity contribution in [3.05, 3.63) is 76.4 Å². The minimum absolute atomic E-state index is 0.155. The number of carbonyl (C=O) groups is 1. The lowest BCUT2D eigenvalue weighted by Gasteiger charge is -2.38. The Morgan fingerprint density at radius 1 is 1.04 bits per heavy atom. The third kappa shape index (κ3) is 3.37. The van der Waals surface area contributed by atoms with Gasteiger partial charge in [0, 0.05) is 23.1 Å². The summed E-state index contributed by atoms with van der Waals surface area (Å²) < 4.78 is 6.54. The zero-order valence-corrected chi connectivity index (χ0v) is 15.8. The van der Waals surface area contributed by atoms with Crippen LogP contribution in [0.4, 0.5) is 0 Å². The van der Waals surface area contributed by atoms with Crippen molar-refractivity contribution in [2.45, 2.75) is 18.4 Å². The monoisotopic (exact) mass is 410 g/mol. The third-order valence-corrected chi connectivity index (χ3v) is 5.40. The van der Waals surface area contributed by atoms with E-state index in [9.17, 15) is 4.79 Å². The summed E-state index contributed by atoms with van der Waals surface area (Å²) >= 11 is 3.53. The molecule has 5 heteroatoms. The Hall–Kier alpha value is -2.24. The molecule has 0 atom stereocenters. The summed E-state index contributed by atoms with van der Waals surface area (Å²) in [6, 6.07) is 19.6. The van der Waals surface area contributed by atoms with Crippen molar-refractivity contribution in [3.63, 3.8) is 0 Å². The minimum atomic E-state index is -0.438. The van der Waals surface area contributed by atoms with Crippen LogP contribution in [0.2, 0.25) is 0 Å². The number of halogens is 1. The van der Waals surface area contributed by atoms with Crippen molar-refractivity contribution in [2.75, 3.05) is 13.2 Å². The van der Waals surface area contributed by atoms with Crippen LogP contribution in [-0.2, 0) is 10.3 Å². The van der Waals surface area contributed by atoms with Gasteiger partial charge in [-0.1, -0.05) is 52.3 Å². The lowest BCUT2D eigenvalue weighted by atomic mass is 9.82.